The zero-order chi connectivity index (χ0) is 13.2. The molecule has 1 saturated heterocycles. The molecule has 0 N–H and O–H groups in total. The quantitative estimate of drug-likeness (QED) is 0.728. The number of hydrogen-bond acceptors (Lipinski definition) is 2. The van der Waals surface area contributed by atoms with Crippen molar-refractivity contribution in [3.05, 3.63) is 43.3 Å². The molecule has 0 aliphatic carbocycles. The Hall–Kier alpha value is -0.226. The third kappa shape index (κ3) is 4.14. The zero-order valence-corrected chi connectivity index (χ0v) is 15.9. The fraction of sp³-hybridized carbons (Fsp3) is 0.529. The van der Waals surface area contributed by atoms with E-state index in [1.54, 1.807) is 0 Å². The van der Waals surface area contributed by atoms with E-state index in [4.69, 9.17) is 0 Å². The van der Waals surface area contributed by atoms with Crippen molar-refractivity contribution in [2.75, 3.05) is 13.1 Å². The van der Waals surface area contributed by atoms with Crippen LogP contribution >= 0.6 is 0 Å². The second kappa shape index (κ2) is 7.69. The van der Waals surface area contributed by atoms with Crippen molar-refractivity contribution in [2.45, 2.75) is 44.6 Å². The van der Waals surface area contributed by atoms with E-state index in [2.05, 4.69) is 37.8 Å². The maximum atomic E-state index is 9.60. The van der Waals surface area contributed by atoms with E-state index >= 15 is 0 Å². The molecule has 0 atom stereocenters. The molecule has 0 aromatic heterocycles. The molecule has 1 aromatic carbocycles. The van der Waals surface area contributed by atoms with Crippen molar-refractivity contribution in [1.82, 2.24) is 4.90 Å². The van der Waals surface area contributed by atoms with Gasteiger partial charge in [0.2, 0.25) is 0 Å². The molecule has 0 bridgehead atoms. The van der Waals surface area contributed by atoms with Gasteiger partial charge in [-0.15, -0.1) is 5.56 Å². The van der Waals surface area contributed by atoms with Crippen molar-refractivity contribution in [3.8, 4) is 6.07 Å². The van der Waals surface area contributed by atoms with Crippen molar-refractivity contribution in [1.29, 1.82) is 5.26 Å². The van der Waals surface area contributed by atoms with Crippen LogP contribution < -0.4 is 0 Å². The Morgan fingerprint density at radius 1 is 1.25 bits per heavy atom. The molecule has 20 heavy (non-hydrogen) atoms. The van der Waals surface area contributed by atoms with Crippen LogP contribution in [-0.4, -0.2) is 23.5 Å². The Kier molecular flexibility index (Phi) is 7.60. The Balaban J connectivity index is 0.00000180. The first-order valence-electron chi connectivity index (χ1n) is 6.61. The summed E-state index contributed by atoms with van der Waals surface area (Å²) >= 11 is 0. The number of benzene rings is 1. The van der Waals surface area contributed by atoms with E-state index in [1.165, 1.54) is 0 Å². The maximum Gasteiger partial charge on any atom is 0.0717 e. The monoisotopic (exact) mass is 345 g/mol. The summed E-state index contributed by atoms with van der Waals surface area (Å²) in [7, 11) is 0. The van der Waals surface area contributed by atoms with Gasteiger partial charge in [0.15, 0.2) is 0 Å². The fourth-order valence-corrected chi connectivity index (χ4v) is 2.69. The molecule has 107 valence electrons. The van der Waals surface area contributed by atoms with Gasteiger partial charge in [-0.2, -0.15) is 35.6 Å². The van der Waals surface area contributed by atoms with Gasteiger partial charge in [-0.1, -0.05) is 0 Å². The summed E-state index contributed by atoms with van der Waals surface area (Å²) in [6, 6.07) is 13.7. The second-order valence-corrected chi connectivity index (χ2v) is 6.13. The van der Waals surface area contributed by atoms with Crippen molar-refractivity contribution >= 4 is 0 Å². The van der Waals surface area contributed by atoms with Gasteiger partial charge in [0.25, 0.3) is 0 Å². The Morgan fingerprint density at radius 2 is 1.85 bits per heavy atom. The number of rotatable bonds is 1. The summed E-state index contributed by atoms with van der Waals surface area (Å²) in [4.78, 5) is 2.46. The van der Waals surface area contributed by atoms with Crippen molar-refractivity contribution in [3.63, 3.8) is 0 Å². The molecule has 0 unspecified atom stereocenters. The molecule has 0 saturated carbocycles. The summed E-state index contributed by atoms with van der Waals surface area (Å²) in [5.41, 5.74) is 0.923. The van der Waals surface area contributed by atoms with Gasteiger partial charge in [0.05, 0.1) is 11.5 Å². The molecule has 2 nitrogen and oxygen atoms in total. The summed E-state index contributed by atoms with van der Waals surface area (Å²) in [6.45, 7) is 8.68. The van der Waals surface area contributed by atoms with Gasteiger partial charge in [-0.3, -0.25) is 4.90 Å². The predicted octanol–water partition coefficient (Wildman–Crippen LogP) is 3.59. The third-order valence-electron chi connectivity index (χ3n) is 4.00. The summed E-state index contributed by atoms with van der Waals surface area (Å²) in [5.74, 6) is 0. The first-order chi connectivity index (χ1) is 8.48. The Bertz CT molecular complexity index is 434. The minimum atomic E-state index is -0.330. The van der Waals surface area contributed by atoms with Crippen LogP contribution in [0.15, 0.2) is 24.3 Å². The predicted molar refractivity (Wildman–Crippen MR) is 79.5 cm³/mol. The van der Waals surface area contributed by atoms with E-state index in [1.807, 2.05) is 24.3 Å². The second-order valence-electron chi connectivity index (χ2n) is 6.13. The molecule has 1 fully saturated rings. The van der Waals surface area contributed by atoms with Crippen molar-refractivity contribution < 1.29 is 32.7 Å². The number of nitriles is 1. The average molecular weight is 345 g/mol. The first kappa shape index (κ1) is 19.8. The van der Waals surface area contributed by atoms with E-state index in [0.29, 0.717) is 0 Å². The van der Waals surface area contributed by atoms with Crippen LogP contribution in [0.5, 0.6) is 0 Å². The van der Waals surface area contributed by atoms with E-state index in [-0.39, 0.29) is 51.1 Å². The molecule has 1 aliphatic heterocycles. The number of hydrogen-bond donors (Lipinski definition) is 0. The standard InChI is InChI=1S/C16H21N2.CH3.Y/c1-15(2,3)18-11-9-16(13-17,10-12-18)14-7-5-4-6-8-14;;/h4-7H,9-12H2,1-3H3;1H3;/q2*-1;. The summed E-state index contributed by atoms with van der Waals surface area (Å²) in [5, 5.41) is 9.60. The van der Waals surface area contributed by atoms with Crippen LogP contribution in [-0.2, 0) is 38.1 Å². The SMILES string of the molecule is CC(C)(C)N1CCC(C#N)(c2[c-]cccc2)CC1.[CH3-].[Y]. The molecule has 1 heterocycles. The van der Waals surface area contributed by atoms with E-state index in [9.17, 15) is 5.26 Å². The van der Waals surface area contributed by atoms with Crippen LogP contribution in [0.1, 0.15) is 39.2 Å². The van der Waals surface area contributed by atoms with Crippen LogP contribution in [0.2, 0.25) is 0 Å². The number of piperidine rings is 1. The van der Waals surface area contributed by atoms with Gasteiger partial charge in [0, 0.05) is 51.3 Å². The molecule has 3 heteroatoms. The molecule has 1 radical (unpaired) electrons. The fourth-order valence-electron chi connectivity index (χ4n) is 2.69. The first-order valence-corrected chi connectivity index (χ1v) is 6.61. The average Bonchev–Trinajstić information content (AvgIpc) is 2.39. The van der Waals surface area contributed by atoms with Crippen LogP contribution in [0.3, 0.4) is 0 Å². The minimum Gasteiger partial charge on any atom is -0.358 e. The molecule has 0 amide bonds. The van der Waals surface area contributed by atoms with Gasteiger partial charge in [-0.05, 0) is 33.6 Å². The molecule has 1 aliphatic rings. The van der Waals surface area contributed by atoms with Crippen LogP contribution in [0, 0.1) is 24.8 Å². The number of nitrogens with zero attached hydrogens (tertiary/aromatic N) is 2. The molecule has 0 spiro atoms. The van der Waals surface area contributed by atoms with Crippen LogP contribution in [0.4, 0.5) is 0 Å². The van der Waals surface area contributed by atoms with Crippen LogP contribution in [0.25, 0.3) is 0 Å². The third-order valence-corrected chi connectivity index (χ3v) is 4.00. The van der Waals surface area contributed by atoms with E-state index in [0.717, 1.165) is 31.5 Å². The van der Waals surface area contributed by atoms with Gasteiger partial charge in [0.1, 0.15) is 0 Å². The summed E-state index contributed by atoms with van der Waals surface area (Å²) < 4.78 is 0. The molecular formula is C17H24N2Y-2. The Labute approximate surface area is 149 Å². The zero-order valence-electron chi connectivity index (χ0n) is 13.1. The molecular weight excluding hydrogens is 321 g/mol. The normalized spacial score (nSPS) is 18.3. The van der Waals surface area contributed by atoms with Gasteiger partial charge >= 0.3 is 0 Å². The minimum absolute atomic E-state index is 0. The Morgan fingerprint density at radius 3 is 2.25 bits per heavy atom. The maximum absolute atomic E-state index is 9.60. The largest absolute Gasteiger partial charge is 0.358 e. The van der Waals surface area contributed by atoms with Gasteiger partial charge in [-0.25, -0.2) is 0 Å². The number of likely N-dealkylation sites (tertiary alicyclic amines) is 1. The topological polar surface area (TPSA) is 27.0 Å². The van der Waals surface area contributed by atoms with E-state index < -0.39 is 0 Å². The smallest absolute Gasteiger partial charge is 0.0717 e. The molecule has 1 aromatic rings. The molecule has 2 rings (SSSR count). The van der Waals surface area contributed by atoms with Crippen molar-refractivity contribution in [2.24, 2.45) is 0 Å². The van der Waals surface area contributed by atoms with Gasteiger partial charge < -0.3 is 7.43 Å². The summed E-state index contributed by atoms with van der Waals surface area (Å²) in [6.07, 6.45) is 1.81.